The average molecular weight is 413 g/mol. The number of imidazole rings is 1. The molecule has 0 spiro atoms. The van der Waals surface area contributed by atoms with Crippen molar-refractivity contribution in [3.8, 4) is 22.6 Å². The van der Waals surface area contributed by atoms with Crippen molar-refractivity contribution >= 4 is 17.1 Å². The molecule has 2 heterocycles. The number of nitrogens with one attached hydrogen (secondary N) is 1. The van der Waals surface area contributed by atoms with Crippen molar-refractivity contribution in [2.45, 2.75) is 12.6 Å². The first kappa shape index (κ1) is 19.1. The lowest BCUT2D eigenvalue weighted by Crippen LogP contribution is -2.04. The van der Waals surface area contributed by atoms with Crippen LogP contribution in [-0.4, -0.2) is 20.7 Å². The summed E-state index contributed by atoms with van der Waals surface area (Å²) in [7, 11) is 0. The fraction of sp³-hybridized carbons (Fsp3) is 0.0952. The van der Waals surface area contributed by atoms with E-state index in [1.807, 2.05) is 24.3 Å². The van der Waals surface area contributed by atoms with E-state index in [0.29, 0.717) is 22.8 Å². The number of aromatic nitrogens is 3. The lowest BCUT2D eigenvalue weighted by Gasteiger charge is -2.07. The summed E-state index contributed by atoms with van der Waals surface area (Å²) in [5.74, 6) is 0.485. The minimum atomic E-state index is -4.40. The Bertz CT molecular complexity index is 1130. The number of hydrogen-bond donors (Lipinski definition) is 1. The van der Waals surface area contributed by atoms with Crippen molar-refractivity contribution in [3.05, 3.63) is 82.4 Å². The molecule has 0 unspecified atom stereocenters. The Kier molecular flexibility index (Phi) is 5.02. The molecule has 29 heavy (non-hydrogen) atoms. The zero-order chi connectivity index (χ0) is 20.4. The van der Waals surface area contributed by atoms with Crippen molar-refractivity contribution < 1.29 is 18.0 Å². The molecule has 146 valence electrons. The van der Waals surface area contributed by atoms with Crippen LogP contribution < -0.4 is 0 Å². The van der Waals surface area contributed by atoms with Crippen LogP contribution in [0.5, 0.6) is 0 Å². The zero-order valence-electron chi connectivity index (χ0n) is 14.9. The fourth-order valence-electron chi connectivity index (χ4n) is 2.88. The molecule has 0 saturated carbocycles. The Balaban J connectivity index is 1.52. The van der Waals surface area contributed by atoms with Crippen molar-refractivity contribution in [3.63, 3.8) is 0 Å². The van der Waals surface area contributed by atoms with Crippen LogP contribution in [0.2, 0.25) is 0 Å². The van der Waals surface area contributed by atoms with Gasteiger partial charge in [-0.05, 0) is 17.7 Å². The van der Waals surface area contributed by atoms with Gasteiger partial charge in [0.1, 0.15) is 11.5 Å². The van der Waals surface area contributed by atoms with Gasteiger partial charge in [-0.2, -0.15) is 13.2 Å². The SMILES string of the molecule is O=C(Cc1ccc(-c2ncc(-c3cccc(C(F)(F)F)c3)[nH]2)cc1)c1cscn1. The van der Waals surface area contributed by atoms with Crippen LogP contribution in [-0.2, 0) is 12.6 Å². The first-order chi connectivity index (χ1) is 13.9. The summed E-state index contributed by atoms with van der Waals surface area (Å²) in [4.78, 5) is 23.5. The van der Waals surface area contributed by atoms with Gasteiger partial charge in [0.2, 0.25) is 0 Å². The second kappa shape index (κ2) is 7.63. The number of alkyl halides is 3. The molecule has 0 amide bonds. The number of benzene rings is 2. The maximum atomic E-state index is 12.9. The van der Waals surface area contributed by atoms with E-state index in [4.69, 9.17) is 0 Å². The Morgan fingerprint density at radius 2 is 1.83 bits per heavy atom. The molecule has 0 radical (unpaired) electrons. The standard InChI is InChI=1S/C21H14F3N3OS/c22-21(23,24)16-3-1-2-15(9-16)17-10-25-20(27-17)14-6-4-13(5-7-14)8-19(28)18-11-29-12-26-18/h1-7,9-12H,8H2,(H,25,27). The van der Waals surface area contributed by atoms with Crippen molar-refractivity contribution in [1.82, 2.24) is 15.0 Å². The topological polar surface area (TPSA) is 58.6 Å². The number of carbonyl (C=O) groups is 1. The van der Waals surface area contributed by atoms with Crippen LogP contribution in [0.3, 0.4) is 0 Å². The molecule has 0 saturated heterocycles. The van der Waals surface area contributed by atoms with Gasteiger partial charge in [-0.25, -0.2) is 9.97 Å². The lowest BCUT2D eigenvalue weighted by atomic mass is 10.1. The number of nitrogens with zero attached hydrogens (tertiary/aromatic N) is 2. The normalized spacial score (nSPS) is 11.6. The highest BCUT2D eigenvalue weighted by molar-refractivity contribution is 7.07. The Morgan fingerprint density at radius 1 is 1.03 bits per heavy atom. The summed E-state index contributed by atoms with van der Waals surface area (Å²) in [6, 6.07) is 12.4. The predicted octanol–water partition coefficient (Wildman–Crippen LogP) is 5.64. The molecule has 8 heteroatoms. The molecular formula is C21H14F3N3OS. The van der Waals surface area contributed by atoms with Crippen molar-refractivity contribution in [2.24, 2.45) is 0 Å². The minimum Gasteiger partial charge on any atom is -0.338 e. The Hall–Kier alpha value is -3.26. The Morgan fingerprint density at radius 3 is 2.52 bits per heavy atom. The summed E-state index contributed by atoms with van der Waals surface area (Å²) in [6.07, 6.45) is -2.65. The molecule has 0 fully saturated rings. The van der Waals surface area contributed by atoms with Crippen LogP contribution in [0.1, 0.15) is 21.6 Å². The number of carbonyl (C=O) groups excluding carboxylic acids is 1. The number of thiazole rings is 1. The van der Waals surface area contributed by atoms with Crippen LogP contribution in [0, 0.1) is 0 Å². The summed E-state index contributed by atoms with van der Waals surface area (Å²) in [6.45, 7) is 0. The largest absolute Gasteiger partial charge is 0.416 e. The van der Waals surface area contributed by atoms with E-state index in [0.717, 1.165) is 23.3 Å². The monoisotopic (exact) mass is 413 g/mol. The van der Waals surface area contributed by atoms with Crippen molar-refractivity contribution in [1.29, 1.82) is 0 Å². The van der Waals surface area contributed by atoms with E-state index in [2.05, 4.69) is 15.0 Å². The maximum absolute atomic E-state index is 12.9. The number of halogens is 3. The van der Waals surface area contributed by atoms with E-state index in [-0.39, 0.29) is 12.2 Å². The highest BCUT2D eigenvalue weighted by atomic mass is 32.1. The molecule has 0 aliphatic carbocycles. The maximum Gasteiger partial charge on any atom is 0.416 e. The second-order valence-electron chi connectivity index (χ2n) is 6.39. The molecular weight excluding hydrogens is 399 g/mol. The molecule has 4 nitrogen and oxygen atoms in total. The quantitative estimate of drug-likeness (QED) is 0.431. The number of ketones is 1. The lowest BCUT2D eigenvalue weighted by molar-refractivity contribution is -0.137. The highest BCUT2D eigenvalue weighted by Gasteiger charge is 2.30. The first-order valence-corrected chi connectivity index (χ1v) is 9.58. The third-order valence-electron chi connectivity index (χ3n) is 4.39. The van der Waals surface area contributed by atoms with Gasteiger partial charge in [-0.1, -0.05) is 36.4 Å². The van der Waals surface area contributed by atoms with Crippen LogP contribution >= 0.6 is 11.3 Å². The van der Waals surface area contributed by atoms with E-state index in [1.165, 1.54) is 23.6 Å². The molecule has 4 aromatic rings. The molecule has 4 rings (SSSR count). The van der Waals surface area contributed by atoms with Gasteiger partial charge in [0.05, 0.1) is 23.0 Å². The van der Waals surface area contributed by atoms with Crippen LogP contribution in [0.25, 0.3) is 22.6 Å². The van der Waals surface area contributed by atoms with E-state index in [1.54, 1.807) is 17.0 Å². The molecule has 0 aliphatic rings. The Labute approximate surface area is 168 Å². The van der Waals surface area contributed by atoms with E-state index in [9.17, 15) is 18.0 Å². The van der Waals surface area contributed by atoms with Crippen LogP contribution in [0.15, 0.2) is 65.6 Å². The van der Waals surface area contributed by atoms with Gasteiger partial charge in [0.25, 0.3) is 0 Å². The number of Topliss-reactive ketones (excluding diaryl/α,β-unsaturated/α-hetero) is 1. The third kappa shape index (κ3) is 4.27. The summed E-state index contributed by atoms with van der Waals surface area (Å²) >= 11 is 1.37. The number of hydrogen-bond acceptors (Lipinski definition) is 4. The van der Waals surface area contributed by atoms with Gasteiger partial charge in [0.15, 0.2) is 5.78 Å². The third-order valence-corrected chi connectivity index (χ3v) is 4.97. The highest BCUT2D eigenvalue weighted by Crippen LogP contribution is 2.32. The number of rotatable bonds is 5. The van der Waals surface area contributed by atoms with E-state index < -0.39 is 11.7 Å². The zero-order valence-corrected chi connectivity index (χ0v) is 15.7. The molecule has 1 N–H and O–H groups in total. The first-order valence-electron chi connectivity index (χ1n) is 8.63. The average Bonchev–Trinajstić information content (AvgIpc) is 3.40. The summed E-state index contributed by atoms with van der Waals surface area (Å²) < 4.78 is 38.8. The molecule has 0 bridgehead atoms. The van der Waals surface area contributed by atoms with Gasteiger partial charge in [-0.15, -0.1) is 11.3 Å². The predicted molar refractivity (Wildman–Crippen MR) is 105 cm³/mol. The summed E-state index contributed by atoms with van der Waals surface area (Å²) in [5, 5.41) is 1.72. The fourth-order valence-corrected chi connectivity index (χ4v) is 3.44. The van der Waals surface area contributed by atoms with Gasteiger partial charge in [-0.3, -0.25) is 4.79 Å². The smallest absolute Gasteiger partial charge is 0.338 e. The summed E-state index contributed by atoms with van der Waals surface area (Å²) in [5.41, 5.74) is 3.88. The van der Waals surface area contributed by atoms with Crippen LogP contribution in [0.4, 0.5) is 13.2 Å². The molecule has 0 atom stereocenters. The number of aromatic amines is 1. The van der Waals surface area contributed by atoms with Gasteiger partial charge >= 0.3 is 6.18 Å². The van der Waals surface area contributed by atoms with Crippen molar-refractivity contribution in [2.75, 3.05) is 0 Å². The second-order valence-corrected chi connectivity index (χ2v) is 7.11. The van der Waals surface area contributed by atoms with Gasteiger partial charge in [0, 0.05) is 22.9 Å². The van der Waals surface area contributed by atoms with E-state index >= 15 is 0 Å². The molecule has 2 aromatic heterocycles. The molecule has 2 aromatic carbocycles. The molecule has 0 aliphatic heterocycles. The number of H-pyrrole nitrogens is 1. The minimum absolute atomic E-state index is 0.0520. The van der Waals surface area contributed by atoms with Gasteiger partial charge < -0.3 is 4.98 Å².